The van der Waals surface area contributed by atoms with E-state index in [-0.39, 0.29) is 11.8 Å². The molecule has 0 aromatic heterocycles. The van der Waals surface area contributed by atoms with Gasteiger partial charge in [-0.2, -0.15) is 0 Å². The zero-order valence-corrected chi connectivity index (χ0v) is 10.3. The van der Waals surface area contributed by atoms with Crippen LogP contribution in [0.15, 0.2) is 0 Å². The van der Waals surface area contributed by atoms with Crippen LogP contribution >= 0.6 is 0 Å². The Morgan fingerprint density at radius 3 is 2.88 bits per heavy atom. The molecule has 3 N–H and O–H groups in total. The summed E-state index contributed by atoms with van der Waals surface area (Å²) in [6, 6.07) is 0. The van der Waals surface area contributed by atoms with Crippen molar-refractivity contribution in [1.82, 2.24) is 10.6 Å². The van der Waals surface area contributed by atoms with Gasteiger partial charge in [-0.05, 0) is 31.7 Å². The predicted molar refractivity (Wildman–Crippen MR) is 64.1 cm³/mol. The Bertz CT molecular complexity index is 213. The van der Waals surface area contributed by atoms with Gasteiger partial charge >= 0.3 is 0 Å². The second kappa shape index (κ2) is 6.86. The fourth-order valence-electron chi connectivity index (χ4n) is 2.07. The molecule has 2 unspecified atom stereocenters. The van der Waals surface area contributed by atoms with Crippen LogP contribution in [-0.2, 0) is 4.79 Å². The minimum atomic E-state index is -0.416. The second-order valence-electron chi connectivity index (χ2n) is 5.07. The highest BCUT2D eigenvalue weighted by molar-refractivity contribution is 5.78. The molecule has 4 heteroatoms. The average Bonchev–Trinajstić information content (AvgIpc) is 2.26. The smallest absolute Gasteiger partial charge is 0.224 e. The average molecular weight is 228 g/mol. The fraction of sp³-hybridized carbons (Fsp3) is 0.917. The van der Waals surface area contributed by atoms with Crippen LogP contribution in [0.3, 0.4) is 0 Å². The van der Waals surface area contributed by atoms with Crippen LogP contribution in [0.25, 0.3) is 0 Å². The molecule has 4 nitrogen and oxygen atoms in total. The number of amides is 1. The van der Waals surface area contributed by atoms with Gasteiger partial charge in [0.2, 0.25) is 5.91 Å². The molecule has 0 bridgehead atoms. The molecule has 0 aromatic carbocycles. The third kappa shape index (κ3) is 4.94. The van der Waals surface area contributed by atoms with Gasteiger partial charge in [-0.3, -0.25) is 4.79 Å². The molecule has 2 atom stereocenters. The first-order chi connectivity index (χ1) is 7.59. The first kappa shape index (κ1) is 13.5. The number of piperidine rings is 1. The van der Waals surface area contributed by atoms with Gasteiger partial charge in [0.15, 0.2) is 0 Å². The van der Waals surface area contributed by atoms with Crippen LogP contribution in [0, 0.1) is 11.8 Å². The van der Waals surface area contributed by atoms with Gasteiger partial charge in [-0.1, -0.05) is 13.8 Å². The lowest BCUT2D eigenvalue weighted by Gasteiger charge is -2.22. The zero-order chi connectivity index (χ0) is 12.0. The van der Waals surface area contributed by atoms with E-state index in [9.17, 15) is 9.90 Å². The normalized spacial score (nSPS) is 23.1. The Hall–Kier alpha value is -0.610. The van der Waals surface area contributed by atoms with E-state index in [0.717, 1.165) is 32.4 Å². The van der Waals surface area contributed by atoms with Gasteiger partial charge in [0.1, 0.15) is 0 Å². The standard InChI is InChI=1S/C12H24N2O2/c1-9(2)6-11(15)8-14-12(16)10-4-3-5-13-7-10/h9-11,13,15H,3-8H2,1-2H3,(H,14,16). The Labute approximate surface area is 97.8 Å². The molecule has 0 saturated carbocycles. The van der Waals surface area contributed by atoms with Crippen molar-refractivity contribution in [3.05, 3.63) is 0 Å². The molecular weight excluding hydrogens is 204 g/mol. The van der Waals surface area contributed by atoms with E-state index in [1.807, 2.05) is 0 Å². The molecule has 1 heterocycles. The predicted octanol–water partition coefficient (Wildman–Crippen LogP) is 0.509. The van der Waals surface area contributed by atoms with Gasteiger partial charge < -0.3 is 15.7 Å². The van der Waals surface area contributed by atoms with Gasteiger partial charge in [0.25, 0.3) is 0 Å². The van der Waals surface area contributed by atoms with Gasteiger partial charge in [0.05, 0.1) is 12.0 Å². The molecule has 1 rings (SSSR count). The third-order valence-electron chi connectivity index (χ3n) is 2.92. The fourth-order valence-corrected chi connectivity index (χ4v) is 2.07. The van der Waals surface area contributed by atoms with Crippen molar-refractivity contribution < 1.29 is 9.90 Å². The molecule has 1 fully saturated rings. The number of carbonyl (C=O) groups is 1. The first-order valence-corrected chi connectivity index (χ1v) is 6.26. The van der Waals surface area contributed by atoms with Crippen LogP contribution in [0.5, 0.6) is 0 Å². The van der Waals surface area contributed by atoms with Crippen molar-refractivity contribution in [3.8, 4) is 0 Å². The molecule has 0 aromatic rings. The van der Waals surface area contributed by atoms with E-state index in [4.69, 9.17) is 0 Å². The number of hydrogen-bond donors (Lipinski definition) is 3. The maximum Gasteiger partial charge on any atom is 0.224 e. The number of rotatable bonds is 5. The van der Waals surface area contributed by atoms with Crippen LogP contribution < -0.4 is 10.6 Å². The van der Waals surface area contributed by atoms with Crippen molar-refractivity contribution in [2.24, 2.45) is 11.8 Å². The molecule has 94 valence electrons. The maximum atomic E-state index is 11.7. The topological polar surface area (TPSA) is 61.4 Å². The summed E-state index contributed by atoms with van der Waals surface area (Å²) >= 11 is 0. The summed E-state index contributed by atoms with van der Waals surface area (Å²) in [5.74, 6) is 0.623. The van der Waals surface area contributed by atoms with Crippen molar-refractivity contribution in [3.63, 3.8) is 0 Å². The summed E-state index contributed by atoms with van der Waals surface area (Å²) in [5.41, 5.74) is 0. The molecular formula is C12H24N2O2. The van der Waals surface area contributed by atoms with Crippen molar-refractivity contribution in [2.75, 3.05) is 19.6 Å². The lowest BCUT2D eigenvalue weighted by molar-refractivity contribution is -0.126. The second-order valence-corrected chi connectivity index (χ2v) is 5.07. The minimum Gasteiger partial charge on any atom is -0.391 e. The Morgan fingerprint density at radius 1 is 1.56 bits per heavy atom. The number of carbonyl (C=O) groups excluding carboxylic acids is 1. The molecule has 1 aliphatic heterocycles. The number of aliphatic hydroxyl groups excluding tert-OH is 1. The van der Waals surface area contributed by atoms with Gasteiger partial charge in [-0.25, -0.2) is 0 Å². The zero-order valence-electron chi connectivity index (χ0n) is 10.3. The Kier molecular flexibility index (Phi) is 5.77. The number of nitrogens with one attached hydrogen (secondary N) is 2. The quantitative estimate of drug-likeness (QED) is 0.642. The first-order valence-electron chi connectivity index (χ1n) is 6.26. The van der Waals surface area contributed by atoms with E-state index < -0.39 is 6.10 Å². The van der Waals surface area contributed by atoms with E-state index in [0.29, 0.717) is 12.5 Å². The van der Waals surface area contributed by atoms with E-state index in [2.05, 4.69) is 24.5 Å². The van der Waals surface area contributed by atoms with Crippen LogP contribution in [0.1, 0.15) is 33.1 Å². The van der Waals surface area contributed by atoms with E-state index in [1.54, 1.807) is 0 Å². The monoisotopic (exact) mass is 228 g/mol. The molecule has 16 heavy (non-hydrogen) atoms. The summed E-state index contributed by atoms with van der Waals surface area (Å²) < 4.78 is 0. The summed E-state index contributed by atoms with van der Waals surface area (Å²) in [5, 5.41) is 15.7. The lowest BCUT2D eigenvalue weighted by Crippen LogP contribution is -2.42. The van der Waals surface area contributed by atoms with Crippen LogP contribution in [0.2, 0.25) is 0 Å². The van der Waals surface area contributed by atoms with Crippen molar-refractivity contribution in [1.29, 1.82) is 0 Å². The van der Waals surface area contributed by atoms with E-state index in [1.165, 1.54) is 0 Å². The molecule has 1 aliphatic rings. The largest absolute Gasteiger partial charge is 0.391 e. The lowest BCUT2D eigenvalue weighted by atomic mass is 9.98. The van der Waals surface area contributed by atoms with E-state index >= 15 is 0 Å². The molecule has 0 radical (unpaired) electrons. The summed E-state index contributed by atoms with van der Waals surface area (Å²) in [6.45, 7) is 6.30. The van der Waals surface area contributed by atoms with Crippen molar-refractivity contribution in [2.45, 2.75) is 39.2 Å². The third-order valence-corrected chi connectivity index (χ3v) is 2.92. The summed E-state index contributed by atoms with van der Waals surface area (Å²) in [4.78, 5) is 11.7. The van der Waals surface area contributed by atoms with Crippen LogP contribution in [0.4, 0.5) is 0 Å². The van der Waals surface area contributed by atoms with Crippen molar-refractivity contribution >= 4 is 5.91 Å². The summed E-state index contributed by atoms with van der Waals surface area (Å²) in [7, 11) is 0. The van der Waals surface area contributed by atoms with Crippen LogP contribution in [-0.4, -0.2) is 36.8 Å². The Morgan fingerprint density at radius 2 is 2.31 bits per heavy atom. The summed E-state index contributed by atoms with van der Waals surface area (Å²) in [6.07, 6.45) is 2.34. The number of aliphatic hydroxyl groups is 1. The molecule has 0 spiro atoms. The Balaban J connectivity index is 2.18. The van der Waals surface area contributed by atoms with Gasteiger partial charge in [0, 0.05) is 13.1 Å². The van der Waals surface area contributed by atoms with Gasteiger partial charge in [-0.15, -0.1) is 0 Å². The molecule has 1 amide bonds. The molecule has 0 aliphatic carbocycles. The highest BCUT2D eigenvalue weighted by atomic mass is 16.3. The number of hydrogen-bond acceptors (Lipinski definition) is 3. The highest BCUT2D eigenvalue weighted by Crippen LogP contribution is 2.10. The maximum absolute atomic E-state index is 11.7. The highest BCUT2D eigenvalue weighted by Gasteiger charge is 2.21. The minimum absolute atomic E-state index is 0.0787. The molecule has 1 saturated heterocycles. The SMILES string of the molecule is CC(C)CC(O)CNC(=O)C1CCCNC1.